The molecule has 0 spiro atoms. The fraction of sp³-hybridized carbons (Fsp3) is 0.125. The van der Waals surface area contributed by atoms with E-state index >= 15 is 0 Å². The summed E-state index contributed by atoms with van der Waals surface area (Å²) in [6.07, 6.45) is 0. The summed E-state index contributed by atoms with van der Waals surface area (Å²) >= 11 is 0. The molecule has 0 saturated carbocycles. The van der Waals surface area contributed by atoms with E-state index in [1.807, 2.05) is 6.07 Å². The van der Waals surface area contributed by atoms with E-state index in [0.29, 0.717) is 5.69 Å². The quantitative estimate of drug-likeness (QED) is 0.764. The van der Waals surface area contributed by atoms with Crippen LogP contribution in [0.5, 0.6) is 0 Å². The summed E-state index contributed by atoms with van der Waals surface area (Å²) in [5, 5.41) is 19.1. The summed E-state index contributed by atoms with van der Waals surface area (Å²) in [5.74, 6) is -2.01. The molecule has 0 heterocycles. The average molecular weight is 301 g/mol. The second-order valence-electron chi connectivity index (χ2n) is 4.54. The molecule has 0 aromatic heterocycles. The van der Waals surface area contributed by atoms with Gasteiger partial charge in [-0.25, -0.2) is 9.86 Å². The molecule has 0 aliphatic rings. The van der Waals surface area contributed by atoms with Crippen molar-refractivity contribution in [2.75, 3.05) is 11.6 Å². The highest BCUT2D eigenvalue weighted by atomic mass is 16.7. The van der Waals surface area contributed by atoms with Crippen LogP contribution in [-0.2, 0) is 16.2 Å². The van der Waals surface area contributed by atoms with Crippen LogP contribution in [0.3, 0.4) is 0 Å². The fourth-order valence-corrected chi connectivity index (χ4v) is 1.82. The van der Waals surface area contributed by atoms with Crippen LogP contribution >= 0.6 is 0 Å². The summed E-state index contributed by atoms with van der Waals surface area (Å²) in [6.45, 7) is -0.153. The van der Waals surface area contributed by atoms with E-state index < -0.39 is 11.9 Å². The molecule has 2 aromatic carbocycles. The molecule has 6 heteroatoms. The van der Waals surface area contributed by atoms with Crippen LogP contribution in [0.4, 0.5) is 5.69 Å². The molecule has 2 aromatic rings. The lowest BCUT2D eigenvalue weighted by Gasteiger charge is -2.22. The SMILES string of the molecule is O=C(O)CN(OCc1ccc(C(=O)O)cc1)c1ccccc1. The zero-order chi connectivity index (χ0) is 15.9. The van der Waals surface area contributed by atoms with Crippen molar-refractivity contribution in [1.29, 1.82) is 0 Å². The van der Waals surface area contributed by atoms with Crippen molar-refractivity contribution in [1.82, 2.24) is 0 Å². The Bertz CT molecular complexity index is 639. The van der Waals surface area contributed by atoms with Gasteiger partial charge in [-0.2, -0.15) is 0 Å². The molecule has 0 atom stereocenters. The third-order valence-electron chi connectivity index (χ3n) is 2.91. The zero-order valence-electron chi connectivity index (χ0n) is 11.7. The van der Waals surface area contributed by atoms with E-state index in [1.165, 1.54) is 17.2 Å². The number of aromatic carboxylic acids is 1. The highest BCUT2D eigenvalue weighted by Crippen LogP contribution is 2.15. The van der Waals surface area contributed by atoms with Gasteiger partial charge in [0.2, 0.25) is 0 Å². The summed E-state index contributed by atoms with van der Waals surface area (Å²) in [7, 11) is 0. The van der Waals surface area contributed by atoms with Crippen molar-refractivity contribution < 1.29 is 24.6 Å². The van der Waals surface area contributed by atoms with Crippen molar-refractivity contribution in [3.8, 4) is 0 Å². The van der Waals surface area contributed by atoms with Gasteiger partial charge in [0, 0.05) is 0 Å². The maximum absolute atomic E-state index is 10.9. The van der Waals surface area contributed by atoms with E-state index in [4.69, 9.17) is 15.1 Å². The van der Waals surface area contributed by atoms with Crippen LogP contribution in [0.1, 0.15) is 15.9 Å². The van der Waals surface area contributed by atoms with Gasteiger partial charge in [-0.1, -0.05) is 30.3 Å². The summed E-state index contributed by atoms with van der Waals surface area (Å²) in [4.78, 5) is 27.2. The number of hydrogen-bond donors (Lipinski definition) is 2. The smallest absolute Gasteiger partial charge is 0.335 e. The first-order chi connectivity index (χ1) is 10.6. The monoisotopic (exact) mass is 301 g/mol. The number of carbonyl (C=O) groups is 2. The molecule has 0 bridgehead atoms. The molecular formula is C16H15NO5. The molecule has 2 rings (SSSR count). The highest BCUT2D eigenvalue weighted by Gasteiger charge is 2.12. The molecular weight excluding hydrogens is 286 g/mol. The summed E-state index contributed by atoms with van der Waals surface area (Å²) in [5.41, 5.74) is 1.57. The Kier molecular flexibility index (Phi) is 5.11. The van der Waals surface area contributed by atoms with Gasteiger partial charge in [0.1, 0.15) is 6.54 Å². The molecule has 6 nitrogen and oxygen atoms in total. The predicted octanol–water partition coefficient (Wildman–Crippen LogP) is 2.41. The topological polar surface area (TPSA) is 87.1 Å². The lowest BCUT2D eigenvalue weighted by atomic mass is 10.1. The molecule has 0 saturated heterocycles. The first-order valence-electron chi connectivity index (χ1n) is 6.56. The Morgan fingerprint density at radius 3 is 2.14 bits per heavy atom. The second kappa shape index (κ2) is 7.24. The number of hydrogen-bond acceptors (Lipinski definition) is 4. The Morgan fingerprint density at radius 1 is 0.955 bits per heavy atom. The molecule has 0 aliphatic heterocycles. The third kappa shape index (κ3) is 4.32. The van der Waals surface area contributed by atoms with Crippen LogP contribution in [-0.4, -0.2) is 28.7 Å². The zero-order valence-corrected chi connectivity index (χ0v) is 11.7. The number of rotatable bonds is 7. The summed E-state index contributed by atoms with van der Waals surface area (Å²) in [6, 6.07) is 15.1. The minimum absolute atomic E-state index is 0.141. The van der Waals surface area contributed by atoms with Crippen molar-refractivity contribution in [3.05, 3.63) is 65.7 Å². The largest absolute Gasteiger partial charge is 0.480 e. The molecule has 0 amide bonds. The first kappa shape index (κ1) is 15.5. The van der Waals surface area contributed by atoms with E-state index in [9.17, 15) is 9.59 Å². The molecule has 0 fully saturated rings. The Balaban J connectivity index is 2.04. The van der Waals surface area contributed by atoms with Gasteiger partial charge in [-0.3, -0.25) is 9.63 Å². The Hall–Kier alpha value is -2.86. The predicted molar refractivity (Wildman–Crippen MR) is 79.6 cm³/mol. The number of nitrogens with zero attached hydrogens (tertiary/aromatic N) is 1. The third-order valence-corrected chi connectivity index (χ3v) is 2.91. The fourth-order valence-electron chi connectivity index (χ4n) is 1.82. The maximum Gasteiger partial charge on any atom is 0.335 e. The standard InChI is InChI=1S/C16H15NO5/c18-15(19)10-17(14-4-2-1-3-5-14)22-11-12-6-8-13(9-7-12)16(20)21/h1-9H,10-11H2,(H,18,19)(H,20,21). The number of benzene rings is 2. The van der Waals surface area contributed by atoms with Crippen molar-refractivity contribution in [2.24, 2.45) is 0 Å². The van der Waals surface area contributed by atoms with E-state index in [-0.39, 0.29) is 18.7 Å². The number of aliphatic carboxylic acids is 1. The van der Waals surface area contributed by atoms with Crippen LogP contribution in [0.25, 0.3) is 0 Å². The molecule has 114 valence electrons. The minimum atomic E-state index is -1.01. The molecule has 0 aliphatic carbocycles. The van der Waals surface area contributed by atoms with Gasteiger partial charge >= 0.3 is 11.9 Å². The minimum Gasteiger partial charge on any atom is -0.480 e. The van der Waals surface area contributed by atoms with Gasteiger partial charge in [0.05, 0.1) is 17.9 Å². The Labute approximate surface area is 127 Å². The second-order valence-corrected chi connectivity index (χ2v) is 4.54. The van der Waals surface area contributed by atoms with Crippen molar-refractivity contribution >= 4 is 17.6 Å². The average Bonchev–Trinajstić information content (AvgIpc) is 2.52. The van der Waals surface area contributed by atoms with Crippen LogP contribution in [0, 0.1) is 0 Å². The van der Waals surface area contributed by atoms with Gasteiger partial charge in [0.25, 0.3) is 0 Å². The highest BCUT2D eigenvalue weighted by molar-refractivity contribution is 5.87. The van der Waals surface area contributed by atoms with Gasteiger partial charge in [-0.05, 0) is 29.8 Å². The van der Waals surface area contributed by atoms with E-state index in [2.05, 4.69) is 0 Å². The van der Waals surface area contributed by atoms with Crippen LogP contribution < -0.4 is 5.06 Å². The van der Waals surface area contributed by atoms with Crippen molar-refractivity contribution in [2.45, 2.75) is 6.61 Å². The van der Waals surface area contributed by atoms with Crippen molar-refractivity contribution in [3.63, 3.8) is 0 Å². The van der Waals surface area contributed by atoms with Gasteiger partial charge in [-0.15, -0.1) is 0 Å². The molecule has 2 N–H and O–H groups in total. The Morgan fingerprint density at radius 2 is 1.59 bits per heavy atom. The summed E-state index contributed by atoms with van der Waals surface area (Å²) < 4.78 is 0. The van der Waals surface area contributed by atoms with Crippen LogP contribution in [0.15, 0.2) is 54.6 Å². The number of carboxylic acid groups (broad SMARTS) is 2. The van der Waals surface area contributed by atoms with E-state index in [1.54, 1.807) is 36.4 Å². The number of carboxylic acids is 2. The van der Waals surface area contributed by atoms with E-state index in [0.717, 1.165) is 5.56 Å². The van der Waals surface area contributed by atoms with Gasteiger partial charge < -0.3 is 10.2 Å². The van der Waals surface area contributed by atoms with Crippen LogP contribution in [0.2, 0.25) is 0 Å². The number of anilines is 1. The number of para-hydroxylation sites is 1. The lowest BCUT2D eigenvalue weighted by Crippen LogP contribution is -2.29. The molecule has 22 heavy (non-hydrogen) atoms. The number of hydroxylamine groups is 1. The maximum atomic E-state index is 10.9. The molecule has 0 unspecified atom stereocenters. The normalized spacial score (nSPS) is 10.2. The molecule has 0 radical (unpaired) electrons. The lowest BCUT2D eigenvalue weighted by molar-refractivity contribution is -0.137. The van der Waals surface area contributed by atoms with Gasteiger partial charge in [0.15, 0.2) is 0 Å². The first-order valence-corrected chi connectivity index (χ1v) is 6.56.